The van der Waals surface area contributed by atoms with Gasteiger partial charge in [-0.1, -0.05) is 12.2 Å². The van der Waals surface area contributed by atoms with Crippen LogP contribution >= 0.6 is 0 Å². The molecule has 1 aromatic rings. The van der Waals surface area contributed by atoms with Crippen molar-refractivity contribution in [1.82, 2.24) is 0 Å². The molecule has 3 N–H and O–H groups in total. The number of fused-ring (bicyclic) bond motifs is 2. The molecule has 0 fully saturated rings. The quantitative estimate of drug-likeness (QED) is 0.449. The summed E-state index contributed by atoms with van der Waals surface area (Å²) in [6, 6.07) is 3.73. The fourth-order valence-electron chi connectivity index (χ4n) is 4.83. The second-order valence-corrected chi connectivity index (χ2v) is 7.27. The molecule has 0 aromatic heterocycles. The molecule has 0 bridgehead atoms. The van der Waals surface area contributed by atoms with Crippen molar-refractivity contribution in [3.63, 3.8) is 0 Å². The molecule has 4 rings (SSSR count). The highest BCUT2D eigenvalue weighted by molar-refractivity contribution is 5.77. The SMILES string of the molecule is O=Cc1cc2c3c(c1)C(O)C1=CCC(CO)=CC1C3CC(/C=C\O)C2. The molecule has 4 nitrogen and oxygen atoms in total. The lowest BCUT2D eigenvalue weighted by molar-refractivity contribution is 0.112. The number of hydrogen-bond acceptors (Lipinski definition) is 4. The van der Waals surface area contributed by atoms with Gasteiger partial charge in [-0.15, -0.1) is 0 Å². The fraction of sp³-hybridized carbons (Fsp3) is 0.381. The number of hydrogen-bond donors (Lipinski definition) is 3. The van der Waals surface area contributed by atoms with E-state index in [0.717, 1.165) is 53.2 Å². The summed E-state index contributed by atoms with van der Waals surface area (Å²) in [5.41, 5.74) is 5.62. The molecule has 4 unspecified atom stereocenters. The van der Waals surface area contributed by atoms with Crippen molar-refractivity contribution in [1.29, 1.82) is 0 Å². The minimum absolute atomic E-state index is 0.0346. The minimum Gasteiger partial charge on any atom is -0.516 e. The number of rotatable bonds is 3. The topological polar surface area (TPSA) is 77.8 Å². The van der Waals surface area contributed by atoms with Crippen molar-refractivity contribution in [2.75, 3.05) is 6.61 Å². The van der Waals surface area contributed by atoms with Gasteiger partial charge in [0, 0.05) is 11.5 Å². The van der Waals surface area contributed by atoms with Crippen molar-refractivity contribution < 1.29 is 20.1 Å². The Morgan fingerprint density at radius 3 is 2.84 bits per heavy atom. The third-order valence-corrected chi connectivity index (χ3v) is 5.87. The normalized spacial score (nSPS) is 30.3. The van der Waals surface area contributed by atoms with Gasteiger partial charge >= 0.3 is 0 Å². The summed E-state index contributed by atoms with van der Waals surface area (Å²) in [5, 5.41) is 29.7. The van der Waals surface area contributed by atoms with Gasteiger partial charge in [0.25, 0.3) is 0 Å². The zero-order chi connectivity index (χ0) is 17.6. The first-order valence-corrected chi connectivity index (χ1v) is 8.77. The molecule has 0 spiro atoms. The predicted molar refractivity (Wildman–Crippen MR) is 94.5 cm³/mol. The van der Waals surface area contributed by atoms with Crippen molar-refractivity contribution in [3.8, 4) is 0 Å². The Morgan fingerprint density at radius 2 is 2.12 bits per heavy atom. The van der Waals surface area contributed by atoms with E-state index in [1.54, 1.807) is 0 Å². The van der Waals surface area contributed by atoms with Crippen LogP contribution in [0.1, 0.15) is 51.9 Å². The van der Waals surface area contributed by atoms with Gasteiger partial charge in [-0.05, 0) is 77.1 Å². The standard InChI is InChI=1S/C21H22O4/c22-4-3-12-5-15-6-14(11-24)9-19-20(15)18(7-12)17-8-13(10-23)1-2-16(17)21(19)25/h2-4,6,8-9,11-12,17-18,21-23,25H,1,5,7,10H2/b4-3-. The molecule has 0 radical (unpaired) electrons. The van der Waals surface area contributed by atoms with Crippen molar-refractivity contribution in [2.24, 2.45) is 11.8 Å². The van der Waals surface area contributed by atoms with Gasteiger partial charge in [-0.25, -0.2) is 0 Å². The Kier molecular flexibility index (Phi) is 4.10. The number of allylic oxidation sites excluding steroid dienone is 3. The van der Waals surface area contributed by atoms with E-state index in [9.17, 15) is 20.1 Å². The second-order valence-electron chi connectivity index (χ2n) is 7.27. The van der Waals surface area contributed by atoms with Crippen LogP contribution in [0.5, 0.6) is 0 Å². The summed E-state index contributed by atoms with van der Waals surface area (Å²) in [6.07, 6.45) is 9.47. The van der Waals surface area contributed by atoms with Crippen LogP contribution in [0.3, 0.4) is 0 Å². The highest BCUT2D eigenvalue weighted by atomic mass is 16.3. The average molecular weight is 338 g/mol. The highest BCUT2D eigenvalue weighted by Crippen LogP contribution is 2.54. The summed E-state index contributed by atoms with van der Waals surface area (Å²) in [4.78, 5) is 11.4. The van der Waals surface area contributed by atoms with Gasteiger partial charge < -0.3 is 15.3 Å². The predicted octanol–water partition coefficient (Wildman–Crippen LogP) is 3.13. The van der Waals surface area contributed by atoms with Gasteiger partial charge in [0.1, 0.15) is 12.4 Å². The van der Waals surface area contributed by atoms with Crippen molar-refractivity contribution in [2.45, 2.75) is 31.3 Å². The van der Waals surface area contributed by atoms with E-state index >= 15 is 0 Å². The second kappa shape index (κ2) is 6.28. The van der Waals surface area contributed by atoms with Crippen molar-refractivity contribution >= 4 is 6.29 Å². The Morgan fingerprint density at radius 1 is 1.28 bits per heavy atom. The summed E-state index contributed by atoms with van der Waals surface area (Å²) in [5.74, 6) is 0.452. The maximum Gasteiger partial charge on any atom is 0.150 e. The number of aliphatic hydroxyl groups excluding tert-OH is 3. The lowest BCUT2D eigenvalue weighted by Crippen LogP contribution is -2.33. The van der Waals surface area contributed by atoms with Crippen LogP contribution in [0.15, 0.2) is 47.8 Å². The average Bonchev–Trinajstić information content (AvgIpc) is 2.64. The van der Waals surface area contributed by atoms with E-state index in [1.807, 2.05) is 24.3 Å². The number of benzene rings is 1. The van der Waals surface area contributed by atoms with Gasteiger partial charge in [0.15, 0.2) is 0 Å². The van der Waals surface area contributed by atoms with Gasteiger partial charge in [0.05, 0.1) is 12.9 Å². The van der Waals surface area contributed by atoms with Crippen LogP contribution in [0.2, 0.25) is 0 Å². The van der Waals surface area contributed by atoms with E-state index in [2.05, 4.69) is 6.08 Å². The van der Waals surface area contributed by atoms with Crippen LogP contribution in [-0.4, -0.2) is 28.2 Å². The van der Waals surface area contributed by atoms with E-state index in [-0.39, 0.29) is 24.4 Å². The first-order valence-electron chi connectivity index (χ1n) is 8.77. The zero-order valence-electron chi connectivity index (χ0n) is 13.9. The monoisotopic (exact) mass is 338 g/mol. The van der Waals surface area contributed by atoms with E-state index in [1.165, 1.54) is 0 Å². The molecule has 3 aliphatic rings. The van der Waals surface area contributed by atoms with Crippen LogP contribution in [0.25, 0.3) is 0 Å². The molecule has 0 amide bonds. The van der Waals surface area contributed by atoms with Crippen molar-refractivity contribution in [3.05, 3.63) is 70.0 Å². The molecule has 130 valence electrons. The maximum absolute atomic E-state index is 11.4. The zero-order valence-corrected chi connectivity index (χ0v) is 13.9. The number of aliphatic hydroxyl groups is 3. The molecule has 3 aliphatic carbocycles. The van der Waals surface area contributed by atoms with Gasteiger partial charge in [-0.3, -0.25) is 4.79 Å². The molecule has 4 atom stereocenters. The number of carbonyl (C=O) groups excluding carboxylic acids is 1. The van der Waals surface area contributed by atoms with E-state index < -0.39 is 6.10 Å². The van der Waals surface area contributed by atoms with Gasteiger partial charge in [-0.2, -0.15) is 0 Å². The third-order valence-electron chi connectivity index (χ3n) is 5.87. The molecular formula is C21H22O4. The Hall–Kier alpha value is -2.17. The Labute approximate surface area is 146 Å². The maximum atomic E-state index is 11.4. The largest absolute Gasteiger partial charge is 0.516 e. The lowest BCUT2D eigenvalue weighted by atomic mass is 9.61. The smallest absolute Gasteiger partial charge is 0.150 e. The van der Waals surface area contributed by atoms with Crippen LogP contribution in [0, 0.1) is 11.8 Å². The Bertz CT molecular complexity index is 802. The number of carbonyl (C=O) groups is 1. The van der Waals surface area contributed by atoms with Crippen LogP contribution < -0.4 is 0 Å². The summed E-state index contributed by atoms with van der Waals surface area (Å²) >= 11 is 0. The molecule has 1 aromatic carbocycles. The summed E-state index contributed by atoms with van der Waals surface area (Å²) < 4.78 is 0. The molecule has 0 saturated carbocycles. The molecule has 25 heavy (non-hydrogen) atoms. The molecule has 0 aliphatic heterocycles. The lowest BCUT2D eigenvalue weighted by Gasteiger charge is -2.44. The van der Waals surface area contributed by atoms with E-state index in [4.69, 9.17) is 0 Å². The number of aldehydes is 1. The molecule has 0 saturated heterocycles. The first kappa shape index (κ1) is 16.3. The summed E-state index contributed by atoms with van der Waals surface area (Å²) in [7, 11) is 0. The molecule has 0 heterocycles. The first-order chi connectivity index (χ1) is 12.2. The van der Waals surface area contributed by atoms with Crippen LogP contribution in [0.4, 0.5) is 0 Å². The Balaban J connectivity index is 1.90. The highest BCUT2D eigenvalue weighted by Gasteiger charge is 2.42. The molecular weight excluding hydrogens is 316 g/mol. The fourth-order valence-corrected chi connectivity index (χ4v) is 4.83. The van der Waals surface area contributed by atoms with E-state index in [0.29, 0.717) is 12.0 Å². The minimum atomic E-state index is -0.698. The third kappa shape index (κ3) is 2.57. The van der Waals surface area contributed by atoms with Gasteiger partial charge in [0.2, 0.25) is 0 Å². The molecule has 4 heteroatoms. The summed E-state index contributed by atoms with van der Waals surface area (Å²) in [6.45, 7) is 0.0346. The van der Waals surface area contributed by atoms with Crippen LogP contribution in [-0.2, 0) is 6.42 Å².